The summed E-state index contributed by atoms with van der Waals surface area (Å²) in [6.07, 6.45) is 6.59. The van der Waals surface area contributed by atoms with Crippen molar-refractivity contribution in [1.29, 1.82) is 0 Å². The van der Waals surface area contributed by atoms with Gasteiger partial charge in [-0.1, -0.05) is 38.3 Å². The molecule has 3 aromatic rings. The number of unbranched alkanes of at least 4 members (excludes halogenated alkanes) is 3. The van der Waals surface area contributed by atoms with Crippen molar-refractivity contribution in [3.8, 4) is 0 Å². The summed E-state index contributed by atoms with van der Waals surface area (Å²) in [6, 6.07) is 11.8. The molecule has 2 amide bonds. The number of aliphatic carboxylic acids is 1. The average molecular weight is 538 g/mol. The van der Waals surface area contributed by atoms with Crippen molar-refractivity contribution in [2.24, 2.45) is 5.41 Å². The highest BCUT2D eigenvalue weighted by molar-refractivity contribution is 7.17. The van der Waals surface area contributed by atoms with Gasteiger partial charge in [0.05, 0.1) is 15.6 Å². The first kappa shape index (κ1) is 27.9. The zero-order valence-corrected chi connectivity index (χ0v) is 23.5. The van der Waals surface area contributed by atoms with Crippen LogP contribution in [-0.4, -0.2) is 40.0 Å². The van der Waals surface area contributed by atoms with Crippen molar-refractivity contribution >= 4 is 45.0 Å². The van der Waals surface area contributed by atoms with Crippen LogP contribution in [0, 0.1) is 12.3 Å². The molecule has 1 aliphatic carbocycles. The van der Waals surface area contributed by atoms with Gasteiger partial charge in [0.2, 0.25) is 5.91 Å². The summed E-state index contributed by atoms with van der Waals surface area (Å²) < 4.78 is 2.80. The van der Waals surface area contributed by atoms with E-state index in [0.29, 0.717) is 37.9 Å². The molecule has 2 aromatic heterocycles. The summed E-state index contributed by atoms with van der Waals surface area (Å²) in [4.78, 5) is 40.7. The number of hydrogen-bond acceptors (Lipinski definition) is 4. The number of carbonyl (C=O) groups excluding carboxylic acids is 2. The fourth-order valence-corrected chi connectivity index (χ4v) is 6.14. The molecule has 38 heavy (non-hydrogen) atoms. The van der Waals surface area contributed by atoms with Crippen LogP contribution in [0.2, 0.25) is 0 Å². The summed E-state index contributed by atoms with van der Waals surface area (Å²) in [7, 11) is 0. The van der Waals surface area contributed by atoms with E-state index in [9.17, 15) is 19.5 Å². The van der Waals surface area contributed by atoms with Crippen LogP contribution in [0.4, 0.5) is 5.69 Å². The van der Waals surface area contributed by atoms with E-state index in [0.717, 1.165) is 47.2 Å². The summed E-state index contributed by atoms with van der Waals surface area (Å²) in [5.41, 5.74) is 2.61. The van der Waals surface area contributed by atoms with E-state index in [-0.39, 0.29) is 24.4 Å². The van der Waals surface area contributed by atoms with Crippen molar-refractivity contribution in [3.63, 3.8) is 0 Å². The first-order valence-electron chi connectivity index (χ1n) is 13.7. The van der Waals surface area contributed by atoms with E-state index in [2.05, 4.69) is 12.2 Å². The molecule has 0 unspecified atom stereocenters. The standard InChI is InChI=1S/C30H39N3O4S/c1-4-5-6-7-16-32(23-10-8-9-21(2)18-23)27(34)20-33-24-13-17-38-26(24)19-25(33)28(35)31-22-11-14-30(3,15-12-22)29(36)37/h8-10,13,17-19,22H,4-7,11-12,14-16,20H2,1-3H3,(H,31,35)(H,36,37). The van der Waals surface area contributed by atoms with Gasteiger partial charge in [-0.15, -0.1) is 11.3 Å². The van der Waals surface area contributed by atoms with Gasteiger partial charge in [0.1, 0.15) is 12.2 Å². The van der Waals surface area contributed by atoms with Gasteiger partial charge in [-0.3, -0.25) is 14.4 Å². The lowest BCUT2D eigenvalue weighted by Gasteiger charge is -2.34. The molecule has 0 bridgehead atoms. The van der Waals surface area contributed by atoms with Gasteiger partial charge in [-0.25, -0.2) is 0 Å². The van der Waals surface area contributed by atoms with Gasteiger partial charge < -0.3 is 19.9 Å². The van der Waals surface area contributed by atoms with E-state index in [1.54, 1.807) is 18.3 Å². The maximum absolute atomic E-state index is 13.8. The lowest BCUT2D eigenvalue weighted by Crippen LogP contribution is -2.43. The van der Waals surface area contributed by atoms with E-state index in [1.165, 1.54) is 0 Å². The number of rotatable bonds is 11. The largest absolute Gasteiger partial charge is 0.481 e. The Balaban J connectivity index is 1.53. The molecule has 1 saturated carbocycles. The number of nitrogens with zero attached hydrogens (tertiary/aromatic N) is 2. The fraction of sp³-hybridized carbons (Fsp3) is 0.500. The molecule has 0 saturated heterocycles. The molecule has 7 nitrogen and oxygen atoms in total. The van der Waals surface area contributed by atoms with E-state index >= 15 is 0 Å². The van der Waals surface area contributed by atoms with Crippen molar-refractivity contribution in [3.05, 3.63) is 53.0 Å². The molecule has 1 aromatic carbocycles. The molecule has 2 heterocycles. The lowest BCUT2D eigenvalue weighted by atomic mass is 9.74. The van der Waals surface area contributed by atoms with Gasteiger partial charge in [0.15, 0.2) is 0 Å². The monoisotopic (exact) mass is 537 g/mol. The highest BCUT2D eigenvalue weighted by Crippen LogP contribution is 2.36. The molecule has 0 atom stereocenters. The number of fused-ring (bicyclic) bond motifs is 1. The number of benzene rings is 1. The van der Waals surface area contributed by atoms with Crippen molar-refractivity contribution in [2.45, 2.75) is 84.7 Å². The van der Waals surface area contributed by atoms with Crippen LogP contribution in [0.1, 0.15) is 81.3 Å². The molecule has 1 fully saturated rings. The van der Waals surface area contributed by atoms with Gasteiger partial charge in [0.25, 0.3) is 5.91 Å². The van der Waals surface area contributed by atoms with Gasteiger partial charge in [0, 0.05) is 18.3 Å². The van der Waals surface area contributed by atoms with Gasteiger partial charge in [-0.05, 0) is 81.2 Å². The summed E-state index contributed by atoms with van der Waals surface area (Å²) in [5.74, 6) is -1.03. The number of aromatic nitrogens is 1. The Kier molecular flexibility index (Phi) is 8.92. The third-order valence-electron chi connectivity index (χ3n) is 7.84. The molecule has 0 aliphatic heterocycles. The second-order valence-corrected chi connectivity index (χ2v) is 11.8. The number of thiophene rings is 1. The predicted molar refractivity (Wildman–Crippen MR) is 153 cm³/mol. The second-order valence-electron chi connectivity index (χ2n) is 10.8. The number of amides is 2. The SMILES string of the molecule is CCCCCCN(C(=O)Cn1c(C(=O)NC2CCC(C)(C(=O)O)CC2)cc2sccc21)c1cccc(C)c1. The summed E-state index contributed by atoms with van der Waals surface area (Å²) in [5, 5.41) is 14.6. The molecule has 204 valence electrons. The Morgan fingerprint density at radius 2 is 1.89 bits per heavy atom. The van der Waals surface area contributed by atoms with Crippen LogP contribution in [0.25, 0.3) is 10.2 Å². The first-order valence-corrected chi connectivity index (χ1v) is 14.6. The van der Waals surface area contributed by atoms with Crippen LogP contribution in [0.15, 0.2) is 41.8 Å². The fourth-order valence-electron chi connectivity index (χ4n) is 5.32. The maximum Gasteiger partial charge on any atom is 0.309 e. The topological polar surface area (TPSA) is 91.6 Å². The first-order chi connectivity index (χ1) is 18.2. The van der Waals surface area contributed by atoms with Crippen molar-refractivity contribution in [2.75, 3.05) is 11.4 Å². The minimum atomic E-state index is -0.775. The van der Waals surface area contributed by atoms with Gasteiger partial charge >= 0.3 is 5.97 Å². The zero-order valence-electron chi connectivity index (χ0n) is 22.7. The Labute approximate surface area is 228 Å². The zero-order chi connectivity index (χ0) is 27.3. The molecule has 4 rings (SSSR count). The highest BCUT2D eigenvalue weighted by Gasteiger charge is 2.38. The Hall–Kier alpha value is -3.13. The predicted octanol–water partition coefficient (Wildman–Crippen LogP) is 6.39. The Morgan fingerprint density at radius 3 is 2.58 bits per heavy atom. The molecule has 0 radical (unpaired) electrons. The molecular formula is C30H39N3O4S. The Morgan fingerprint density at radius 1 is 1.13 bits per heavy atom. The summed E-state index contributed by atoms with van der Waals surface area (Å²) in [6.45, 7) is 6.69. The number of carboxylic acid groups (broad SMARTS) is 1. The Bertz CT molecular complexity index is 1290. The molecule has 8 heteroatoms. The van der Waals surface area contributed by atoms with E-state index < -0.39 is 11.4 Å². The minimum Gasteiger partial charge on any atom is -0.481 e. The third kappa shape index (κ3) is 6.29. The average Bonchev–Trinajstić information content (AvgIpc) is 3.48. The number of hydrogen-bond donors (Lipinski definition) is 2. The molecular weight excluding hydrogens is 498 g/mol. The molecule has 1 aliphatic rings. The molecule has 0 spiro atoms. The maximum atomic E-state index is 13.8. The lowest BCUT2D eigenvalue weighted by molar-refractivity contribution is -0.150. The number of carboxylic acids is 1. The van der Waals surface area contributed by atoms with Gasteiger partial charge in [-0.2, -0.15) is 0 Å². The number of aryl methyl sites for hydroxylation is 1. The van der Waals surface area contributed by atoms with Crippen molar-refractivity contribution < 1.29 is 19.5 Å². The smallest absolute Gasteiger partial charge is 0.309 e. The van der Waals surface area contributed by atoms with Crippen LogP contribution in [0.3, 0.4) is 0 Å². The number of anilines is 1. The molecule has 2 N–H and O–H groups in total. The second kappa shape index (κ2) is 12.2. The third-order valence-corrected chi connectivity index (χ3v) is 8.69. The van der Waals surface area contributed by atoms with Crippen molar-refractivity contribution in [1.82, 2.24) is 9.88 Å². The number of carbonyl (C=O) groups is 3. The van der Waals surface area contributed by atoms with Crippen LogP contribution < -0.4 is 10.2 Å². The number of nitrogens with one attached hydrogen (secondary N) is 1. The quantitative estimate of drug-likeness (QED) is 0.277. The van der Waals surface area contributed by atoms with Crippen LogP contribution >= 0.6 is 11.3 Å². The van der Waals surface area contributed by atoms with E-state index in [4.69, 9.17) is 0 Å². The minimum absolute atomic E-state index is 0.0419. The highest BCUT2D eigenvalue weighted by atomic mass is 32.1. The van der Waals surface area contributed by atoms with Crippen LogP contribution in [-0.2, 0) is 16.1 Å². The normalized spacial score (nSPS) is 19.4. The summed E-state index contributed by atoms with van der Waals surface area (Å²) >= 11 is 1.55. The van der Waals surface area contributed by atoms with E-state index in [1.807, 2.05) is 58.2 Å². The van der Waals surface area contributed by atoms with Crippen LogP contribution in [0.5, 0.6) is 0 Å².